The molecule has 0 radical (unpaired) electrons. The second kappa shape index (κ2) is 4.45. The third kappa shape index (κ3) is 1.91. The molecule has 2 rings (SSSR count). The third-order valence-electron chi connectivity index (χ3n) is 2.76. The van der Waals surface area contributed by atoms with E-state index in [4.69, 9.17) is 5.26 Å². The van der Waals surface area contributed by atoms with E-state index in [1.807, 2.05) is 0 Å². The molecular weight excluding hydrogens is 237 g/mol. The smallest absolute Gasteiger partial charge is 0.318 e. The highest BCUT2D eigenvalue weighted by molar-refractivity contribution is 6.01. The number of imide groups is 1. The van der Waals surface area contributed by atoms with Crippen molar-refractivity contribution in [2.45, 2.75) is 6.54 Å². The maximum atomic E-state index is 13.8. The molecule has 0 bridgehead atoms. The van der Waals surface area contributed by atoms with Gasteiger partial charge in [0.2, 0.25) is 0 Å². The number of hydrogen-bond acceptors (Lipinski definition) is 3. The van der Waals surface area contributed by atoms with Crippen LogP contribution in [0, 0.1) is 17.1 Å². The molecule has 0 spiro atoms. The molecule has 0 unspecified atom stereocenters. The number of carbonyl (C=O) groups excluding carboxylic acids is 2. The number of urea groups is 1. The number of hydrogen-bond donors (Lipinski definition) is 0. The number of carbonyl (C=O) groups is 2. The molecule has 1 saturated heterocycles. The van der Waals surface area contributed by atoms with Gasteiger partial charge in [-0.1, -0.05) is 12.1 Å². The number of benzene rings is 1. The second-order valence-corrected chi connectivity index (χ2v) is 4.01. The largest absolute Gasteiger partial charge is 0.327 e. The van der Waals surface area contributed by atoms with Crippen LogP contribution in [0.2, 0.25) is 0 Å². The van der Waals surface area contributed by atoms with Gasteiger partial charge < -0.3 is 4.90 Å². The van der Waals surface area contributed by atoms with Crippen LogP contribution in [0.15, 0.2) is 18.2 Å². The van der Waals surface area contributed by atoms with Crippen LogP contribution < -0.4 is 0 Å². The summed E-state index contributed by atoms with van der Waals surface area (Å²) in [6, 6.07) is 5.58. The first-order chi connectivity index (χ1) is 8.54. The lowest BCUT2D eigenvalue weighted by atomic mass is 10.1. The van der Waals surface area contributed by atoms with E-state index in [2.05, 4.69) is 0 Å². The van der Waals surface area contributed by atoms with Crippen molar-refractivity contribution in [2.24, 2.45) is 0 Å². The molecule has 1 aliphatic heterocycles. The van der Waals surface area contributed by atoms with Gasteiger partial charge in [-0.15, -0.1) is 0 Å². The van der Waals surface area contributed by atoms with Gasteiger partial charge in [0.05, 0.1) is 12.1 Å². The normalized spacial score (nSPS) is 15.2. The number of nitrogens with zero attached hydrogens (tertiary/aromatic N) is 3. The van der Waals surface area contributed by atoms with Crippen molar-refractivity contribution < 1.29 is 14.0 Å². The summed E-state index contributed by atoms with van der Waals surface area (Å²) in [5.41, 5.74) is 0.0611. The Morgan fingerprint density at radius 2 is 2.17 bits per heavy atom. The molecule has 0 aromatic heterocycles. The highest BCUT2D eigenvalue weighted by Gasteiger charge is 2.33. The van der Waals surface area contributed by atoms with E-state index >= 15 is 0 Å². The fraction of sp³-hybridized carbons (Fsp3) is 0.250. The molecule has 1 fully saturated rings. The zero-order valence-corrected chi connectivity index (χ0v) is 9.68. The van der Waals surface area contributed by atoms with Crippen LogP contribution in [0.4, 0.5) is 9.18 Å². The molecule has 0 saturated carbocycles. The SMILES string of the molecule is CN1CC(=O)N(Cc2cccc(C#N)c2F)C1=O. The predicted molar refractivity (Wildman–Crippen MR) is 59.7 cm³/mol. The Hall–Kier alpha value is -2.42. The number of amides is 3. The first-order valence-electron chi connectivity index (χ1n) is 5.27. The summed E-state index contributed by atoms with van der Waals surface area (Å²) in [7, 11) is 1.50. The first kappa shape index (κ1) is 12.0. The van der Waals surface area contributed by atoms with Gasteiger partial charge in [0.25, 0.3) is 5.91 Å². The van der Waals surface area contributed by atoms with Crippen molar-refractivity contribution in [3.63, 3.8) is 0 Å². The Labute approximate surface area is 103 Å². The molecule has 1 heterocycles. The van der Waals surface area contributed by atoms with E-state index in [-0.39, 0.29) is 30.1 Å². The van der Waals surface area contributed by atoms with Crippen molar-refractivity contribution in [1.29, 1.82) is 5.26 Å². The average molecular weight is 247 g/mol. The van der Waals surface area contributed by atoms with Gasteiger partial charge >= 0.3 is 6.03 Å². The van der Waals surface area contributed by atoms with Gasteiger partial charge in [-0.25, -0.2) is 9.18 Å². The van der Waals surface area contributed by atoms with Crippen LogP contribution in [-0.4, -0.2) is 35.3 Å². The van der Waals surface area contributed by atoms with E-state index in [0.29, 0.717) is 0 Å². The Bertz CT molecular complexity index is 565. The van der Waals surface area contributed by atoms with E-state index in [0.717, 1.165) is 4.90 Å². The minimum Gasteiger partial charge on any atom is -0.318 e. The van der Waals surface area contributed by atoms with Gasteiger partial charge in [0.1, 0.15) is 18.4 Å². The standard InChI is InChI=1S/C12H10FN3O2/c1-15-7-10(17)16(12(15)18)6-9-4-2-3-8(5-14)11(9)13/h2-4H,6-7H2,1H3. The molecule has 0 N–H and O–H groups in total. The Kier molecular flexibility index (Phi) is 2.98. The molecule has 92 valence electrons. The zero-order valence-electron chi connectivity index (χ0n) is 9.68. The number of nitriles is 1. The summed E-state index contributed by atoms with van der Waals surface area (Å²) in [5.74, 6) is -1.06. The molecular formula is C12H10FN3O2. The van der Waals surface area contributed by atoms with Crippen molar-refractivity contribution >= 4 is 11.9 Å². The van der Waals surface area contributed by atoms with Gasteiger partial charge in [-0.05, 0) is 6.07 Å². The van der Waals surface area contributed by atoms with Crippen LogP contribution in [0.5, 0.6) is 0 Å². The highest BCUT2D eigenvalue weighted by atomic mass is 19.1. The summed E-state index contributed by atoms with van der Waals surface area (Å²) in [6.45, 7) is -0.151. The lowest BCUT2D eigenvalue weighted by Gasteiger charge is -2.14. The van der Waals surface area contributed by atoms with Crippen LogP contribution in [0.3, 0.4) is 0 Å². The van der Waals surface area contributed by atoms with E-state index in [9.17, 15) is 14.0 Å². The van der Waals surface area contributed by atoms with Gasteiger partial charge in [0.15, 0.2) is 0 Å². The van der Waals surface area contributed by atoms with Gasteiger partial charge in [0, 0.05) is 12.6 Å². The van der Waals surface area contributed by atoms with Crippen LogP contribution in [-0.2, 0) is 11.3 Å². The number of halogens is 1. The van der Waals surface area contributed by atoms with Crippen LogP contribution in [0.25, 0.3) is 0 Å². The Morgan fingerprint density at radius 1 is 1.44 bits per heavy atom. The molecule has 18 heavy (non-hydrogen) atoms. The first-order valence-corrected chi connectivity index (χ1v) is 5.27. The fourth-order valence-corrected chi connectivity index (χ4v) is 1.78. The molecule has 1 aliphatic rings. The average Bonchev–Trinajstić information content (AvgIpc) is 2.58. The van der Waals surface area contributed by atoms with Crippen molar-refractivity contribution in [2.75, 3.05) is 13.6 Å². The lowest BCUT2D eigenvalue weighted by molar-refractivity contribution is -0.125. The molecule has 1 aromatic rings. The third-order valence-corrected chi connectivity index (χ3v) is 2.76. The zero-order chi connectivity index (χ0) is 13.3. The highest BCUT2D eigenvalue weighted by Crippen LogP contribution is 2.17. The fourth-order valence-electron chi connectivity index (χ4n) is 1.78. The topological polar surface area (TPSA) is 64.4 Å². The van der Waals surface area contributed by atoms with Crippen molar-refractivity contribution in [3.8, 4) is 6.07 Å². The molecule has 0 atom stereocenters. The molecule has 6 heteroatoms. The summed E-state index contributed by atoms with van der Waals surface area (Å²) in [4.78, 5) is 25.4. The summed E-state index contributed by atoms with van der Waals surface area (Å²) < 4.78 is 13.8. The summed E-state index contributed by atoms with van der Waals surface area (Å²) in [6.07, 6.45) is 0. The van der Waals surface area contributed by atoms with Crippen LogP contribution in [0.1, 0.15) is 11.1 Å². The Balaban J connectivity index is 2.28. The van der Waals surface area contributed by atoms with Crippen LogP contribution >= 0.6 is 0 Å². The summed E-state index contributed by atoms with van der Waals surface area (Å²) in [5, 5.41) is 8.70. The number of likely N-dealkylation sites (N-methyl/N-ethyl adjacent to an activating group) is 1. The number of rotatable bonds is 2. The quantitative estimate of drug-likeness (QED) is 0.735. The minimum atomic E-state index is -0.685. The van der Waals surface area contributed by atoms with Gasteiger partial charge in [-0.2, -0.15) is 5.26 Å². The van der Waals surface area contributed by atoms with Crippen molar-refractivity contribution in [1.82, 2.24) is 9.80 Å². The minimum absolute atomic E-state index is 0.00159. The Morgan fingerprint density at radius 3 is 2.72 bits per heavy atom. The second-order valence-electron chi connectivity index (χ2n) is 4.01. The molecule has 3 amide bonds. The molecule has 5 nitrogen and oxygen atoms in total. The van der Waals surface area contributed by atoms with E-state index in [1.165, 1.54) is 30.1 Å². The monoisotopic (exact) mass is 247 g/mol. The van der Waals surface area contributed by atoms with Crippen molar-refractivity contribution in [3.05, 3.63) is 35.1 Å². The predicted octanol–water partition coefficient (Wildman–Crippen LogP) is 1.09. The summed E-state index contributed by atoms with van der Waals surface area (Å²) >= 11 is 0. The maximum Gasteiger partial charge on any atom is 0.327 e. The molecule has 0 aliphatic carbocycles. The van der Waals surface area contributed by atoms with E-state index < -0.39 is 11.8 Å². The maximum absolute atomic E-state index is 13.8. The van der Waals surface area contributed by atoms with E-state index in [1.54, 1.807) is 6.07 Å². The molecule has 1 aromatic carbocycles. The lowest BCUT2D eigenvalue weighted by Crippen LogP contribution is -2.31. The van der Waals surface area contributed by atoms with Gasteiger partial charge in [-0.3, -0.25) is 9.69 Å².